The Bertz CT molecular complexity index is 470. The van der Waals surface area contributed by atoms with Crippen molar-refractivity contribution in [1.82, 2.24) is 0 Å². The lowest BCUT2D eigenvalue weighted by atomic mass is 10.1. The standard InChI is InChI=1S/C17H24O5/c1-3-5-11-20-12-13-22-17(19)15-9-7-6-8-14(15)16(18)21-10-4-2/h6-9H,3-5,10-13H2,1-2H3. The Kier molecular flexibility index (Phi) is 8.91. The van der Waals surface area contributed by atoms with Gasteiger partial charge in [0, 0.05) is 6.61 Å². The highest BCUT2D eigenvalue weighted by molar-refractivity contribution is 6.03. The smallest absolute Gasteiger partial charge is 0.339 e. The van der Waals surface area contributed by atoms with Crippen LogP contribution in [0.3, 0.4) is 0 Å². The molecular formula is C17H24O5. The number of benzene rings is 1. The van der Waals surface area contributed by atoms with Gasteiger partial charge in [0.05, 0.1) is 24.3 Å². The van der Waals surface area contributed by atoms with Crippen molar-refractivity contribution in [2.75, 3.05) is 26.4 Å². The summed E-state index contributed by atoms with van der Waals surface area (Å²) in [6.07, 6.45) is 2.78. The zero-order chi connectivity index (χ0) is 16.2. The predicted octanol–water partition coefficient (Wildman–Crippen LogP) is 3.23. The molecule has 0 aromatic heterocycles. The van der Waals surface area contributed by atoms with Crippen molar-refractivity contribution >= 4 is 11.9 Å². The summed E-state index contributed by atoms with van der Waals surface area (Å²) in [5.74, 6) is -1.04. The fourth-order valence-corrected chi connectivity index (χ4v) is 1.73. The molecule has 5 nitrogen and oxygen atoms in total. The summed E-state index contributed by atoms with van der Waals surface area (Å²) in [5, 5.41) is 0. The van der Waals surface area contributed by atoms with Gasteiger partial charge in [0.2, 0.25) is 0 Å². The van der Waals surface area contributed by atoms with Gasteiger partial charge < -0.3 is 14.2 Å². The Hall–Kier alpha value is -1.88. The van der Waals surface area contributed by atoms with E-state index in [1.54, 1.807) is 24.3 Å². The minimum absolute atomic E-state index is 0.168. The molecule has 22 heavy (non-hydrogen) atoms. The molecule has 5 heteroatoms. The maximum Gasteiger partial charge on any atom is 0.339 e. The minimum atomic E-state index is -0.539. The van der Waals surface area contributed by atoms with Crippen LogP contribution in [0.2, 0.25) is 0 Å². The van der Waals surface area contributed by atoms with Crippen LogP contribution in [0.15, 0.2) is 24.3 Å². The fourth-order valence-electron chi connectivity index (χ4n) is 1.73. The summed E-state index contributed by atoms with van der Waals surface area (Å²) in [4.78, 5) is 24.0. The summed E-state index contributed by atoms with van der Waals surface area (Å²) in [7, 11) is 0. The van der Waals surface area contributed by atoms with Gasteiger partial charge in [0.15, 0.2) is 0 Å². The topological polar surface area (TPSA) is 61.8 Å². The number of carbonyl (C=O) groups excluding carboxylic acids is 2. The van der Waals surface area contributed by atoms with E-state index in [0.717, 1.165) is 19.3 Å². The summed E-state index contributed by atoms with van der Waals surface area (Å²) < 4.78 is 15.5. The third-order valence-electron chi connectivity index (χ3n) is 2.91. The van der Waals surface area contributed by atoms with Crippen LogP contribution >= 0.6 is 0 Å². The molecule has 122 valence electrons. The fraction of sp³-hybridized carbons (Fsp3) is 0.529. The van der Waals surface area contributed by atoms with Crippen LogP contribution in [0.1, 0.15) is 53.8 Å². The van der Waals surface area contributed by atoms with Gasteiger partial charge in [0.25, 0.3) is 0 Å². The van der Waals surface area contributed by atoms with Gasteiger partial charge in [-0.15, -0.1) is 0 Å². The second kappa shape index (κ2) is 10.8. The maximum absolute atomic E-state index is 12.0. The second-order valence-electron chi connectivity index (χ2n) is 4.78. The van der Waals surface area contributed by atoms with E-state index < -0.39 is 11.9 Å². The normalized spacial score (nSPS) is 10.3. The van der Waals surface area contributed by atoms with E-state index in [1.807, 2.05) is 6.92 Å². The Morgan fingerprint density at radius 3 is 1.95 bits per heavy atom. The lowest BCUT2D eigenvalue weighted by molar-refractivity contribution is 0.0305. The highest BCUT2D eigenvalue weighted by Crippen LogP contribution is 2.12. The van der Waals surface area contributed by atoms with E-state index in [9.17, 15) is 9.59 Å². The average molecular weight is 308 g/mol. The molecule has 1 aromatic rings. The van der Waals surface area contributed by atoms with Gasteiger partial charge >= 0.3 is 11.9 Å². The molecule has 0 atom stereocenters. The van der Waals surface area contributed by atoms with E-state index >= 15 is 0 Å². The van der Waals surface area contributed by atoms with E-state index in [-0.39, 0.29) is 17.7 Å². The minimum Gasteiger partial charge on any atom is -0.462 e. The Morgan fingerprint density at radius 1 is 0.818 bits per heavy atom. The molecule has 0 saturated carbocycles. The van der Waals surface area contributed by atoms with Gasteiger partial charge in [0.1, 0.15) is 6.61 Å². The molecule has 1 aromatic carbocycles. The molecule has 0 aliphatic rings. The van der Waals surface area contributed by atoms with Crippen LogP contribution in [-0.4, -0.2) is 38.4 Å². The number of ether oxygens (including phenoxy) is 3. The lowest BCUT2D eigenvalue weighted by Gasteiger charge is -2.09. The number of rotatable bonds is 10. The van der Waals surface area contributed by atoms with Crippen molar-refractivity contribution in [3.05, 3.63) is 35.4 Å². The van der Waals surface area contributed by atoms with Crippen molar-refractivity contribution in [2.24, 2.45) is 0 Å². The first-order chi connectivity index (χ1) is 10.7. The molecule has 0 radical (unpaired) electrons. The Balaban J connectivity index is 2.52. The van der Waals surface area contributed by atoms with Crippen LogP contribution < -0.4 is 0 Å². The highest BCUT2D eigenvalue weighted by Gasteiger charge is 2.18. The SMILES string of the molecule is CCCCOCCOC(=O)c1ccccc1C(=O)OCCC. The lowest BCUT2D eigenvalue weighted by Crippen LogP contribution is -2.16. The Morgan fingerprint density at radius 2 is 1.41 bits per heavy atom. The van der Waals surface area contributed by atoms with Crippen molar-refractivity contribution in [3.8, 4) is 0 Å². The van der Waals surface area contributed by atoms with E-state index in [2.05, 4.69) is 6.92 Å². The van der Waals surface area contributed by atoms with Gasteiger partial charge in [-0.2, -0.15) is 0 Å². The van der Waals surface area contributed by atoms with E-state index in [4.69, 9.17) is 14.2 Å². The highest BCUT2D eigenvalue weighted by atomic mass is 16.6. The van der Waals surface area contributed by atoms with Gasteiger partial charge in [-0.05, 0) is 25.0 Å². The van der Waals surface area contributed by atoms with Crippen LogP contribution in [0, 0.1) is 0 Å². The predicted molar refractivity (Wildman–Crippen MR) is 83.0 cm³/mol. The summed E-state index contributed by atoms with van der Waals surface area (Å²) >= 11 is 0. The number of hydrogen-bond acceptors (Lipinski definition) is 5. The summed E-state index contributed by atoms with van der Waals surface area (Å²) in [6.45, 7) is 5.50. The Labute approximate surface area is 131 Å². The largest absolute Gasteiger partial charge is 0.462 e. The summed E-state index contributed by atoms with van der Waals surface area (Å²) in [6, 6.07) is 6.49. The average Bonchev–Trinajstić information content (AvgIpc) is 2.55. The van der Waals surface area contributed by atoms with Gasteiger partial charge in [-0.3, -0.25) is 0 Å². The number of carbonyl (C=O) groups is 2. The van der Waals surface area contributed by atoms with Crippen LogP contribution in [-0.2, 0) is 14.2 Å². The molecule has 0 spiro atoms. The molecule has 0 aliphatic heterocycles. The van der Waals surface area contributed by atoms with E-state index in [1.165, 1.54) is 0 Å². The first-order valence-corrected chi connectivity index (χ1v) is 7.71. The third kappa shape index (κ3) is 6.26. The zero-order valence-corrected chi connectivity index (χ0v) is 13.3. The van der Waals surface area contributed by atoms with Gasteiger partial charge in [-0.1, -0.05) is 32.4 Å². The molecule has 0 aliphatic carbocycles. The molecule has 0 heterocycles. The molecule has 0 N–H and O–H groups in total. The molecule has 0 bridgehead atoms. The van der Waals surface area contributed by atoms with Gasteiger partial charge in [-0.25, -0.2) is 9.59 Å². The van der Waals surface area contributed by atoms with Crippen molar-refractivity contribution < 1.29 is 23.8 Å². The maximum atomic E-state index is 12.0. The molecular weight excluding hydrogens is 284 g/mol. The molecule has 1 rings (SSSR count). The first kappa shape index (κ1) is 18.2. The first-order valence-electron chi connectivity index (χ1n) is 7.71. The van der Waals surface area contributed by atoms with E-state index in [0.29, 0.717) is 19.8 Å². The van der Waals surface area contributed by atoms with Crippen LogP contribution in [0.25, 0.3) is 0 Å². The quantitative estimate of drug-likeness (QED) is 0.490. The monoisotopic (exact) mass is 308 g/mol. The van der Waals surface area contributed by atoms with Crippen molar-refractivity contribution in [3.63, 3.8) is 0 Å². The zero-order valence-electron chi connectivity index (χ0n) is 13.3. The molecule has 0 unspecified atom stereocenters. The van der Waals surface area contributed by atoms with Crippen molar-refractivity contribution in [2.45, 2.75) is 33.1 Å². The second-order valence-corrected chi connectivity index (χ2v) is 4.78. The number of unbranched alkanes of at least 4 members (excludes halogenated alkanes) is 1. The molecule has 0 fully saturated rings. The molecule has 0 saturated heterocycles. The summed E-state index contributed by atoms with van der Waals surface area (Å²) in [5.41, 5.74) is 0.449. The third-order valence-corrected chi connectivity index (χ3v) is 2.91. The number of hydrogen-bond donors (Lipinski definition) is 0. The molecule has 0 amide bonds. The number of esters is 2. The van der Waals surface area contributed by atoms with Crippen molar-refractivity contribution in [1.29, 1.82) is 0 Å². The van der Waals surface area contributed by atoms with Crippen LogP contribution in [0.4, 0.5) is 0 Å². The van der Waals surface area contributed by atoms with Crippen LogP contribution in [0.5, 0.6) is 0 Å².